The summed E-state index contributed by atoms with van der Waals surface area (Å²) in [5.74, 6) is -0.0202. The third-order valence-corrected chi connectivity index (χ3v) is 3.53. The molecule has 2 amide bonds. The van der Waals surface area contributed by atoms with Gasteiger partial charge in [-0.25, -0.2) is 0 Å². The molecule has 3 rings (SSSR count). The van der Waals surface area contributed by atoms with Gasteiger partial charge in [0.1, 0.15) is 0 Å². The molecule has 1 heterocycles. The first-order valence-corrected chi connectivity index (χ1v) is 6.97. The number of hydrogen-bond acceptors (Lipinski definition) is 2. The zero-order valence-electron chi connectivity index (χ0n) is 11.6. The predicted octanol–water partition coefficient (Wildman–Crippen LogP) is 2.15. The minimum Gasteiger partial charge on any atom is -0.352 e. The summed E-state index contributed by atoms with van der Waals surface area (Å²) in [5.41, 5.74) is 3.73. The number of benzene rings is 2. The fourth-order valence-corrected chi connectivity index (χ4v) is 2.45. The molecule has 2 N–H and O–H groups in total. The van der Waals surface area contributed by atoms with Crippen molar-refractivity contribution in [2.45, 2.75) is 12.8 Å². The van der Waals surface area contributed by atoms with Gasteiger partial charge >= 0.3 is 0 Å². The Kier molecular flexibility index (Phi) is 3.69. The van der Waals surface area contributed by atoms with Crippen molar-refractivity contribution in [1.29, 1.82) is 0 Å². The first-order chi connectivity index (χ1) is 10.2. The van der Waals surface area contributed by atoms with Gasteiger partial charge in [0.15, 0.2) is 0 Å². The molecule has 1 aliphatic heterocycles. The highest BCUT2D eigenvalue weighted by Gasteiger charge is 2.17. The van der Waals surface area contributed by atoms with Crippen LogP contribution in [0.4, 0.5) is 5.69 Å². The lowest BCUT2D eigenvalue weighted by Gasteiger charge is -2.07. The first-order valence-electron chi connectivity index (χ1n) is 6.97. The second-order valence-electron chi connectivity index (χ2n) is 5.09. The summed E-state index contributed by atoms with van der Waals surface area (Å²) >= 11 is 0. The van der Waals surface area contributed by atoms with Crippen molar-refractivity contribution in [3.63, 3.8) is 0 Å². The van der Waals surface area contributed by atoms with Crippen LogP contribution in [0.25, 0.3) is 0 Å². The molecule has 0 saturated carbocycles. The van der Waals surface area contributed by atoms with Crippen LogP contribution in [0.5, 0.6) is 0 Å². The van der Waals surface area contributed by atoms with Crippen molar-refractivity contribution < 1.29 is 9.59 Å². The maximum Gasteiger partial charge on any atom is 0.251 e. The van der Waals surface area contributed by atoms with E-state index in [4.69, 9.17) is 0 Å². The lowest BCUT2D eigenvalue weighted by atomic mass is 10.1. The van der Waals surface area contributed by atoms with Crippen LogP contribution < -0.4 is 10.6 Å². The Morgan fingerprint density at radius 2 is 1.95 bits per heavy atom. The summed E-state index contributed by atoms with van der Waals surface area (Å²) in [7, 11) is 0. The molecule has 4 heteroatoms. The highest BCUT2D eigenvalue weighted by molar-refractivity contribution is 5.99. The van der Waals surface area contributed by atoms with Gasteiger partial charge in [-0.15, -0.1) is 0 Å². The topological polar surface area (TPSA) is 58.2 Å². The number of amides is 2. The van der Waals surface area contributed by atoms with Crippen LogP contribution >= 0.6 is 0 Å². The summed E-state index contributed by atoms with van der Waals surface area (Å²) in [5, 5.41) is 5.71. The predicted molar refractivity (Wildman–Crippen MR) is 81.3 cm³/mol. The molecule has 0 bridgehead atoms. The van der Waals surface area contributed by atoms with Crippen LogP contribution in [-0.2, 0) is 17.6 Å². The molecule has 0 aromatic heterocycles. The fourth-order valence-electron chi connectivity index (χ4n) is 2.45. The summed E-state index contributed by atoms with van der Waals surface area (Å²) in [6.45, 7) is 0.577. The highest BCUT2D eigenvalue weighted by Crippen LogP contribution is 2.23. The molecule has 0 radical (unpaired) electrons. The van der Waals surface area contributed by atoms with Crippen LogP contribution in [0.3, 0.4) is 0 Å². The summed E-state index contributed by atoms with van der Waals surface area (Å²) in [6, 6.07) is 15.1. The van der Waals surface area contributed by atoms with E-state index in [0.717, 1.165) is 23.2 Å². The Hall–Kier alpha value is -2.62. The maximum atomic E-state index is 11.9. The minimum absolute atomic E-state index is 0.0412. The monoisotopic (exact) mass is 280 g/mol. The number of carbonyl (C=O) groups is 2. The third-order valence-electron chi connectivity index (χ3n) is 3.53. The second kappa shape index (κ2) is 5.79. The molecule has 0 unspecified atom stereocenters. The van der Waals surface area contributed by atoms with E-state index in [1.807, 2.05) is 36.4 Å². The van der Waals surface area contributed by atoms with E-state index in [2.05, 4.69) is 10.6 Å². The molecule has 106 valence electrons. The Morgan fingerprint density at radius 3 is 2.76 bits per heavy atom. The highest BCUT2D eigenvalue weighted by atomic mass is 16.2. The molecule has 0 atom stereocenters. The number of hydrogen-bond donors (Lipinski definition) is 2. The molecule has 2 aromatic carbocycles. The average Bonchev–Trinajstić information content (AvgIpc) is 2.87. The van der Waals surface area contributed by atoms with Gasteiger partial charge in [-0.1, -0.05) is 30.3 Å². The Bertz CT molecular complexity index is 680. The van der Waals surface area contributed by atoms with E-state index in [-0.39, 0.29) is 11.8 Å². The van der Waals surface area contributed by atoms with Crippen molar-refractivity contribution in [2.75, 3.05) is 11.9 Å². The quantitative estimate of drug-likeness (QED) is 0.901. The zero-order chi connectivity index (χ0) is 14.7. The van der Waals surface area contributed by atoms with E-state index in [1.165, 1.54) is 0 Å². The third kappa shape index (κ3) is 3.11. The average molecular weight is 280 g/mol. The van der Waals surface area contributed by atoms with Gasteiger partial charge in [0.05, 0.1) is 6.42 Å². The van der Waals surface area contributed by atoms with E-state index < -0.39 is 0 Å². The molecule has 21 heavy (non-hydrogen) atoms. The van der Waals surface area contributed by atoms with E-state index >= 15 is 0 Å². The summed E-state index contributed by atoms with van der Waals surface area (Å²) in [4.78, 5) is 23.2. The van der Waals surface area contributed by atoms with Crippen LogP contribution in [-0.4, -0.2) is 18.4 Å². The van der Waals surface area contributed by atoms with Crippen molar-refractivity contribution in [3.8, 4) is 0 Å². The summed E-state index contributed by atoms with van der Waals surface area (Å²) in [6.07, 6.45) is 1.19. The number of rotatable bonds is 4. The van der Waals surface area contributed by atoms with Crippen LogP contribution in [0.15, 0.2) is 48.5 Å². The number of nitrogens with one attached hydrogen (secondary N) is 2. The lowest BCUT2D eigenvalue weighted by molar-refractivity contribution is -0.115. The standard InChI is InChI=1S/C17H16N2O2/c20-16-11-14-10-12(6-7-15(14)19-16)8-9-18-17(21)13-4-2-1-3-5-13/h1-7,10H,8-9,11H2,(H,18,21)(H,19,20). The molecular formula is C17H16N2O2. The molecule has 0 fully saturated rings. The van der Waals surface area contributed by atoms with E-state index in [0.29, 0.717) is 18.5 Å². The SMILES string of the molecule is O=C1Cc2cc(CCNC(=O)c3ccccc3)ccc2N1. The van der Waals surface area contributed by atoms with Crippen LogP contribution in [0, 0.1) is 0 Å². The van der Waals surface area contributed by atoms with Crippen molar-refractivity contribution in [2.24, 2.45) is 0 Å². The van der Waals surface area contributed by atoms with Gasteiger partial charge in [-0.05, 0) is 35.7 Å². The van der Waals surface area contributed by atoms with Crippen LogP contribution in [0.1, 0.15) is 21.5 Å². The van der Waals surface area contributed by atoms with E-state index in [1.54, 1.807) is 12.1 Å². The van der Waals surface area contributed by atoms with Gasteiger partial charge in [0.25, 0.3) is 5.91 Å². The fraction of sp³-hybridized carbons (Fsp3) is 0.176. The van der Waals surface area contributed by atoms with Gasteiger partial charge in [0.2, 0.25) is 5.91 Å². The smallest absolute Gasteiger partial charge is 0.251 e. The molecule has 4 nitrogen and oxygen atoms in total. The minimum atomic E-state index is -0.0615. The molecule has 0 spiro atoms. The maximum absolute atomic E-state index is 11.9. The number of fused-ring (bicyclic) bond motifs is 1. The Morgan fingerprint density at radius 1 is 1.14 bits per heavy atom. The lowest BCUT2D eigenvalue weighted by Crippen LogP contribution is -2.25. The van der Waals surface area contributed by atoms with Gasteiger partial charge in [-0.3, -0.25) is 9.59 Å². The first kappa shape index (κ1) is 13.4. The van der Waals surface area contributed by atoms with Crippen molar-refractivity contribution in [1.82, 2.24) is 5.32 Å². The molecule has 1 aliphatic rings. The second-order valence-corrected chi connectivity index (χ2v) is 5.09. The largest absolute Gasteiger partial charge is 0.352 e. The van der Waals surface area contributed by atoms with Gasteiger partial charge in [0, 0.05) is 17.8 Å². The van der Waals surface area contributed by atoms with Crippen LogP contribution in [0.2, 0.25) is 0 Å². The Labute approximate surface area is 123 Å². The van der Waals surface area contributed by atoms with E-state index in [9.17, 15) is 9.59 Å². The zero-order valence-corrected chi connectivity index (χ0v) is 11.6. The van der Waals surface area contributed by atoms with Gasteiger partial charge in [-0.2, -0.15) is 0 Å². The molecule has 2 aromatic rings. The van der Waals surface area contributed by atoms with Crippen molar-refractivity contribution in [3.05, 3.63) is 65.2 Å². The number of carbonyl (C=O) groups excluding carboxylic acids is 2. The molecule has 0 saturated heterocycles. The number of anilines is 1. The van der Waals surface area contributed by atoms with Crippen molar-refractivity contribution >= 4 is 17.5 Å². The molecular weight excluding hydrogens is 264 g/mol. The normalized spacial score (nSPS) is 12.7. The Balaban J connectivity index is 1.56. The van der Waals surface area contributed by atoms with Gasteiger partial charge < -0.3 is 10.6 Å². The molecule has 0 aliphatic carbocycles. The summed E-state index contributed by atoms with van der Waals surface area (Å²) < 4.78 is 0.